The lowest BCUT2D eigenvalue weighted by Crippen LogP contribution is -2.52. The Morgan fingerprint density at radius 3 is 1.96 bits per heavy atom. The van der Waals surface area contributed by atoms with E-state index in [0.29, 0.717) is 11.1 Å². The number of carbonyl (C=O) groups is 3. The Kier molecular flexibility index (Phi) is 4.75. The highest BCUT2D eigenvalue weighted by molar-refractivity contribution is 6.21. The van der Waals surface area contributed by atoms with Crippen molar-refractivity contribution in [2.45, 2.75) is 32.5 Å². The fourth-order valence-electron chi connectivity index (χ4n) is 3.22. The first-order valence-corrected chi connectivity index (χ1v) is 8.42. The van der Waals surface area contributed by atoms with E-state index >= 15 is 0 Å². The summed E-state index contributed by atoms with van der Waals surface area (Å²) < 4.78 is 0. The number of hydrogen-bond donors (Lipinski definition) is 1. The van der Waals surface area contributed by atoms with Gasteiger partial charge >= 0.3 is 6.09 Å². The molecule has 0 bridgehead atoms. The fourth-order valence-corrected chi connectivity index (χ4v) is 3.22. The molecule has 6 heteroatoms. The van der Waals surface area contributed by atoms with E-state index in [-0.39, 0.29) is 18.4 Å². The van der Waals surface area contributed by atoms with Crippen LogP contribution in [0.2, 0.25) is 0 Å². The van der Waals surface area contributed by atoms with Crippen molar-refractivity contribution in [2.75, 3.05) is 0 Å². The first-order valence-electron chi connectivity index (χ1n) is 8.42. The zero-order valence-electron chi connectivity index (χ0n) is 14.6. The highest BCUT2D eigenvalue weighted by atomic mass is 16.4. The lowest BCUT2D eigenvalue weighted by atomic mass is 10.1. The molecule has 0 fully saturated rings. The Labute approximate surface area is 151 Å². The summed E-state index contributed by atoms with van der Waals surface area (Å²) in [6, 6.07) is 14.7. The average Bonchev–Trinajstić information content (AvgIpc) is 2.90. The maximum atomic E-state index is 12.6. The van der Waals surface area contributed by atoms with Crippen molar-refractivity contribution in [3.63, 3.8) is 0 Å². The third-order valence-corrected chi connectivity index (χ3v) is 4.86. The van der Waals surface area contributed by atoms with Crippen LogP contribution < -0.4 is 0 Å². The lowest BCUT2D eigenvalue weighted by molar-refractivity contribution is 0.0468. The van der Waals surface area contributed by atoms with Crippen LogP contribution in [0.3, 0.4) is 0 Å². The minimum absolute atomic E-state index is 0.185. The van der Waals surface area contributed by atoms with Crippen LogP contribution in [-0.4, -0.2) is 44.9 Å². The summed E-state index contributed by atoms with van der Waals surface area (Å²) in [4.78, 5) is 39.5. The minimum Gasteiger partial charge on any atom is -0.465 e. The van der Waals surface area contributed by atoms with E-state index in [0.717, 1.165) is 10.5 Å². The summed E-state index contributed by atoms with van der Waals surface area (Å²) in [6.07, 6.45) is -1.09. The summed E-state index contributed by atoms with van der Waals surface area (Å²) in [5, 5.41) is 9.64. The summed E-state index contributed by atoms with van der Waals surface area (Å²) >= 11 is 0. The molecule has 1 N–H and O–H groups in total. The summed E-state index contributed by atoms with van der Waals surface area (Å²) in [5.41, 5.74) is 1.57. The maximum Gasteiger partial charge on any atom is 0.407 e. The number of amides is 3. The number of carboxylic acid groups (broad SMARTS) is 1. The van der Waals surface area contributed by atoms with Crippen molar-refractivity contribution >= 4 is 17.9 Å². The second-order valence-electron chi connectivity index (χ2n) is 6.40. The molecule has 3 rings (SSSR count). The van der Waals surface area contributed by atoms with E-state index in [1.807, 2.05) is 30.3 Å². The molecule has 2 aromatic carbocycles. The number of nitrogens with zero attached hydrogens (tertiary/aromatic N) is 2. The first kappa shape index (κ1) is 17.7. The molecule has 26 heavy (non-hydrogen) atoms. The van der Waals surface area contributed by atoms with Crippen LogP contribution in [0.15, 0.2) is 54.6 Å². The molecule has 0 saturated heterocycles. The number of hydrogen-bond acceptors (Lipinski definition) is 3. The molecule has 0 aliphatic carbocycles. The van der Waals surface area contributed by atoms with Crippen LogP contribution in [0.4, 0.5) is 4.79 Å². The van der Waals surface area contributed by atoms with Gasteiger partial charge in [0.2, 0.25) is 0 Å². The molecule has 3 amide bonds. The number of fused-ring (bicyclic) bond motifs is 1. The van der Waals surface area contributed by atoms with Crippen LogP contribution in [0.1, 0.15) is 40.1 Å². The van der Waals surface area contributed by atoms with Gasteiger partial charge in [0.25, 0.3) is 11.8 Å². The number of carbonyl (C=O) groups excluding carboxylic acids is 2. The molecule has 1 unspecified atom stereocenters. The molecule has 1 heterocycles. The Hall–Kier alpha value is -3.15. The summed E-state index contributed by atoms with van der Waals surface area (Å²) in [7, 11) is 0. The number of benzene rings is 2. The monoisotopic (exact) mass is 352 g/mol. The Morgan fingerprint density at radius 2 is 1.46 bits per heavy atom. The maximum absolute atomic E-state index is 12.6. The van der Waals surface area contributed by atoms with Gasteiger partial charge in [0.05, 0.1) is 23.2 Å². The molecule has 134 valence electrons. The summed E-state index contributed by atoms with van der Waals surface area (Å²) in [5.74, 6) is -0.759. The van der Waals surface area contributed by atoms with Gasteiger partial charge in [0, 0.05) is 6.54 Å². The molecular formula is C20H20N2O4. The van der Waals surface area contributed by atoms with Crippen LogP contribution in [0.25, 0.3) is 0 Å². The van der Waals surface area contributed by atoms with Crippen LogP contribution in [0.5, 0.6) is 0 Å². The van der Waals surface area contributed by atoms with Crippen molar-refractivity contribution in [1.82, 2.24) is 9.80 Å². The van der Waals surface area contributed by atoms with Gasteiger partial charge in [-0.15, -0.1) is 0 Å². The molecule has 2 aromatic rings. The quantitative estimate of drug-likeness (QED) is 0.838. The van der Waals surface area contributed by atoms with Crippen LogP contribution in [0, 0.1) is 0 Å². The second kappa shape index (κ2) is 7.00. The lowest BCUT2D eigenvalue weighted by Gasteiger charge is -2.35. The largest absolute Gasteiger partial charge is 0.465 e. The molecule has 6 nitrogen and oxygen atoms in total. The highest BCUT2D eigenvalue weighted by Gasteiger charge is 2.41. The van der Waals surface area contributed by atoms with Crippen LogP contribution in [-0.2, 0) is 6.54 Å². The third-order valence-electron chi connectivity index (χ3n) is 4.86. The summed E-state index contributed by atoms with van der Waals surface area (Å²) in [6.45, 7) is 3.60. The number of imide groups is 1. The molecule has 1 aliphatic rings. The van der Waals surface area contributed by atoms with E-state index in [1.165, 1.54) is 4.90 Å². The molecule has 2 atom stereocenters. The molecule has 0 aromatic heterocycles. The standard InChI is InChI=1S/C20H20N2O4/c1-13(21(20(25)26)12-15-8-4-3-5-9-15)14(2)22-18(23)16-10-6-7-11-17(16)19(22)24/h3-11,13-14H,12H2,1-2H3,(H,25,26)/t13-,14?/m0/s1. The Bertz CT molecular complexity index is 815. The van der Waals surface area contributed by atoms with Crippen molar-refractivity contribution in [3.05, 3.63) is 71.3 Å². The average molecular weight is 352 g/mol. The van der Waals surface area contributed by atoms with E-state index in [1.54, 1.807) is 38.1 Å². The normalized spacial score (nSPS) is 15.5. The predicted octanol–water partition coefficient (Wildman–Crippen LogP) is 3.24. The molecule has 1 aliphatic heterocycles. The van der Waals surface area contributed by atoms with Crippen molar-refractivity contribution in [2.24, 2.45) is 0 Å². The molecule has 0 radical (unpaired) electrons. The Balaban J connectivity index is 1.84. The highest BCUT2D eigenvalue weighted by Crippen LogP contribution is 2.27. The van der Waals surface area contributed by atoms with Gasteiger partial charge in [0.15, 0.2) is 0 Å². The van der Waals surface area contributed by atoms with Gasteiger partial charge in [-0.2, -0.15) is 0 Å². The van der Waals surface area contributed by atoms with E-state index in [4.69, 9.17) is 0 Å². The van der Waals surface area contributed by atoms with Gasteiger partial charge in [-0.25, -0.2) is 4.79 Å². The zero-order valence-corrected chi connectivity index (χ0v) is 14.6. The zero-order chi connectivity index (χ0) is 18.8. The van der Waals surface area contributed by atoms with E-state index < -0.39 is 18.2 Å². The third kappa shape index (κ3) is 3.06. The van der Waals surface area contributed by atoms with E-state index in [9.17, 15) is 19.5 Å². The number of rotatable bonds is 5. The van der Waals surface area contributed by atoms with E-state index in [2.05, 4.69) is 0 Å². The second-order valence-corrected chi connectivity index (χ2v) is 6.40. The smallest absolute Gasteiger partial charge is 0.407 e. The minimum atomic E-state index is -1.09. The van der Waals surface area contributed by atoms with Crippen molar-refractivity contribution < 1.29 is 19.5 Å². The van der Waals surface area contributed by atoms with Crippen molar-refractivity contribution in [1.29, 1.82) is 0 Å². The van der Waals surface area contributed by atoms with Gasteiger partial charge < -0.3 is 5.11 Å². The van der Waals surface area contributed by atoms with Crippen molar-refractivity contribution in [3.8, 4) is 0 Å². The van der Waals surface area contributed by atoms with Gasteiger partial charge in [-0.1, -0.05) is 42.5 Å². The first-order chi connectivity index (χ1) is 12.4. The van der Waals surface area contributed by atoms with Gasteiger partial charge in [-0.3, -0.25) is 19.4 Å². The molecular weight excluding hydrogens is 332 g/mol. The SMILES string of the molecule is CC([C@H](C)N(Cc1ccccc1)C(=O)O)N1C(=O)c2ccccc2C1=O. The molecule has 0 spiro atoms. The van der Waals surface area contributed by atoms with Crippen LogP contribution >= 0.6 is 0 Å². The van der Waals surface area contributed by atoms with Gasteiger partial charge in [-0.05, 0) is 31.5 Å². The molecule has 0 saturated carbocycles. The fraction of sp³-hybridized carbons (Fsp3) is 0.250. The predicted molar refractivity (Wildman–Crippen MR) is 95.9 cm³/mol. The topological polar surface area (TPSA) is 77.9 Å². The van der Waals surface area contributed by atoms with Gasteiger partial charge in [0.1, 0.15) is 0 Å². The Morgan fingerprint density at radius 1 is 0.962 bits per heavy atom.